The molecule has 0 radical (unpaired) electrons. The molecule has 9 heteroatoms. The number of carbonyl (C=O) groups excluding carboxylic acids is 1. The Morgan fingerprint density at radius 1 is 1.30 bits per heavy atom. The maximum Gasteiger partial charge on any atom is 0.345 e. The minimum absolute atomic E-state index is 0.274. The molecule has 0 aliphatic rings. The van der Waals surface area contributed by atoms with Gasteiger partial charge in [-0.3, -0.25) is 5.10 Å². The molecule has 0 spiro atoms. The number of aromatic nitrogens is 3. The standard InChI is InChI=1S/C18H15ClN4O3S/c1-11-21-22-18(27)23(11)20-10-12-7-8-15(16(9-12)25-2)26-17(24)13-5-3-4-6-14(13)19/h3-10H,1-2H3,(H,22,27)/b20-10-. The van der Waals surface area contributed by atoms with Crippen LogP contribution in [-0.2, 0) is 0 Å². The van der Waals surface area contributed by atoms with Crippen molar-refractivity contribution < 1.29 is 14.3 Å². The Balaban J connectivity index is 1.83. The highest BCUT2D eigenvalue weighted by Gasteiger charge is 2.15. The maximum absolute atomic E-state index is 12.3. The predicted molar refractivity (Wildman–Crippen MR) is 105 cm³/mol. The van der Waals surface area contributed by atoms with Crippen LogP contribution in [0.5, 0.6) is 11.5 Å². The van der Waals surface area contributed by atoms with Gasteiger partial charge >= 0.3 is 5.97 Å². The number of aromatic amines is 1. The molecule has 0 amide bonds. The molecule has 0 atom stereocenters. The van der Waals surface area contributed by atoms with E-state index in [2.05, 4.69) is 15.3 Å². The second-order valence-corrected chi connectivity index (χ2v) is 6.21. The van der Waals surface area contributed by atoms with Gasteiger partial charge in [0, 0.05) is 0 Å². The van der Waals surface area contributed by atoms with Gasteiger partial charge in [0.15, 0.2) is 11.5 Å². The van der Waals surface area contributed by atoms with Crippen molar-refractivity contribution in [3.63, 3.8) is 0 Å². The molecule has 2 aromatic carbocycles. The Morgan fingerprint density at radius 2 is 2.07 bits per heavy atom. The highest BCUT2D eigenvalue weighted by molar-refractivity contribution is 7.71. The van der Waals surface area contributed by atoms with E-state index in [1.165, 1.54) is 11.8 Å². The number of hydrogen-bond acceptors (Lipinski definition) is 6. The highest BCUT2D eigenvalue weighted by Crippen LogP contribution is 2.29. The summed E-state index contributed by atoms with van der Waals surface area (Å²) in [5.41, 5.74) is 1.00. The van der Waals surface area contributed by atoms with Crippen LogP contribution in [0.2, 0.25) is 5.02 Å². The molecule has 138 valence electrons. The third-order valence-electron chi connectivity index (χ3n) is 3.62. The van der Waals surface area contributed by atoms with E-state index in [9.17, 15) is 4.79 Å². The van der Waals surface area contributed by atoms with Crippen LogP contribution < -0.4 is 9.47 Å². The van der Waals surface area contributed by atoms with Crippen molar-refractivity contribution in [3.8, 4) is 11.5 Å². The van der Waals surface area contributed by atoms with Crippen molar-refractivity contribution in [3.05, 3.63) is 69.2 Å². The summed E-state index contributed by atoms with van der Waals surface area (Å²) in [6.45, 7) is 1.78. The van der Waals surface area contributed by atoms with E-state index in [0.717, 1.165) is 5.56 Å². The van der Waals surface area contributed by atoms with Gasteiger partial charge in [0.05, 0.1) is 23.9 Å². The molecule has 0 aliphatic carbocycles. The molecule has 7 nitrogen and oxygen atoms in total. The number of hydrogen-bond donors (Lipinski definition) is 1. The highest BCUT2D eigenvalue weighted by atomic mass is 35.5. The zero-order valence-electron chi connectivity index (χ0n) is 14.5. The zero-order chi connectivity index (χ0) is 19.4. The van der Waals surface area contributed by atoms with E-state index in [4.69, 9.17) is 33.3 Å². The number of rotatable bonds is 5. The molecule has 0 bridgehead atoms. The molecule has 1 N–H and O–H groups in total. The Bertz CT molecular complexity index is 1070. The Labute approximate surface area is 165 Å². The number of H-pyrrole nitrogens is 1. The van der Waals surface area contributed by atoms with Gasteiger partial charge in [0.25, 0.3) is 0 Å². The van der Waals surface area contributed by atoms with Crippen LogP contribution in [0.3, 0.4) is 0 Å². The van der Waals surface area contributed by atoms with E-state index in [1.54, 1.807) is 55.6 Å². The van der Waals surface area contributed by atoms with Gasteiger partial charge in [-0.15, -0.1) is 0 Å². The minimum Gasteiger partial charge on any atom is -0.493 e. The van der Waals surface area contributed by atoms with Crippen LogP contribution in [0.25, 0.3) is 0 Å². The van der Waals surface area contributed by atoms with Crippen LogP contribution in [0.4, 0.5) is 0 Å². The van der Waals surface area contributed by atoms with Crippen molar-refractivity contribution in [2.45, 2.75) is 6.92 Å². The van der Waals surface area contributed by atoms with E-state index in [-0.39, 0.29) is 11.3 Å². The lowest BCUT2D eigenvalue weighted by Crippen LogP contribution is -2.10. The van der Waals surface area contributed by atoms with Gasteiger partial charge in [-0.25, -0.2) is 4.79 Å². The van der Waals surface area contributed by atoms with Crippen molar-refractivity contribution >= 4 is 36.0 Å². The number of nitrogens with zero attached hydrogens (tertiary/aromatic N) is 3. The first-order valence-electron chi connectivity index (χ1n) is 7.82. The molecule has 0 aliphatic heterocycles. The first-order chi connectivity index (χ1) is 13.0. The summed E-state index contributed by atoms with van der Waals surface area (Å²) in [4.78, 5) is 12.3. The molecule has 27 heavy (non-hydrogen) atoms. The third kappa shape index (κ3) is 4.24. The monoisotopic (exact) mass is 402 g/mol. The van der Waals surface area contributed by atoms with Crippen molar-refractivity contribution in [2.24, 2.45) is 5.10 Å². The lowest BCUT2D eigenvalue weighted by atomic mass is 10.2. The average molecular weight is 403 g/mol. The number of halogens is 1. The zero-order valence-corrected chi connectivity index (χ0v) is 16.0. The SMILES string of the molecule is COc1cc(/C=N\n2c(C)n[nH]c2=S)ccc1OC(=O)c1ccccc1Cl. The molecule has 3 aromatic rings. The second kappa shape index (κ2) is 8.15. The number of carbonyl (C=O) groups is 1. The molecule has 0 fully saturated rings. The summed E-state index contributed by atoms with van der Waals surface area (Å²) in [5.74, 6) is 0.719. The van der Waals surface area contributed by atoms with E-state index >= 15 is 0 Å². The lowest BCUT2D eigenvalue weighted by molar-refractivity contribution is 0.0730. The molecular weight excluding hydrogens is 388 g/mol. The summed E-state index contributed by atoms with van der Waals surface area (Å²) in [5, 5.41) is 11.2. The minimum atomic E-state index is -0.569. The number of methoxy groups -OCH3 is 1. The fraction of sp³-hybridized carbons (Fsp3) is 0.111. The van der Waals surface area contributed by atoms with E-state index < -0.39 is 5.97 Å². The molecule has 0 saturated heterocycles. The fourth-order valence-electron chi connectivity index (χ4n) is 2.26. The number of esters is 1. The van der Waals surface area contributed by atoms with Gasteiger partial charge in [0.1, 0.15) is 5.82 Å². The molecule has 1 heterocycles. The Hall–Kier alpha value is -2.97. The van der Waals surface area contributed by atoms with Crippen molar-refractivity contribution in [1.29, 1.82) is 0 Å². The molecular formula is C18H15ClN4O3S. The van der Waals surface area contributed by atoms with Crippen molar-refractivity contribution in [2.75, 3.05) is 7.11 Å². The van der Waals surface area contributed by atoms with Crippen LogP contribution in [0.15, 0.2) is 47.6 Å². The summed E-state index contributed by atoms with van der Waals surface area (Å²) < 4.78 is 12.6. The van der Waals surface area contributed by atoms with Gasteiger partial charge in [-0.1, -0.05) is 23.7 Å². The molecule has 1 aromatic heterocycles. The van der Waals surface area contributed by atoms with Crippen molar-refractivity contribution in [1.82, 2.24) is 14.9 Å². The Kier molecular flexibility index (Phi) is 5.68. The lowest BCUT2D eigenvalue weighted by Gasteiger charge is -2.10. The number of benzene rings is 2. The Morgan fingerprint density at radius 3 is 2.74 bits per heavy atom. The predicted octanol–water partition coefficient (Wildman–Crippen LogP) is 4.01. The van der Waals surface area contributed by atoms with E-state index in [1.807, 2.05) is 0 Å². The van der Waals surface area contributed by atoms with Crippen LogP contribution in [0, 0.1) is 11.7 Å². The second-order valence-electron chi connectivity index (χ2n) is 5.41. The normalized spacial score (nSPS) is 10.9. The summed E-state index contributed by atoms with van der Waals surface area (Å²) in [6, 6.07) is 11.7. The van der Waals surface area contributed by atoms with E-state index in [0.29, 0.717) is 21.4 Å². The van der Waals surface area contributed by atoms with Crippen LogP contribution in [-0.4, -0.2) is 34.2 Å². The van der Waals surface area contributed by atoms with Gasteiger partial charge in [-0.2, -0.15) is 14.9 Å². The average Bonchev–Trinajstić information content (AvgIpc) is 2.99. The van der Waals surface area contributed by atoms with Gasteiger partial charge in [0.2, 0.25) is 4.77 Å². The largest absolute Gasteiger partial charge is 0.493 e. The quantitative estimate of drug-likeness (QED) is 0.302. The topological polar surface area (TPSA) is 81.5 Å². The first-order valence-corrected chi connectivity index (χ1v) is 8.61. The molecule has 0 unspecified atom stereocenters. The number of nitrogens with one attached hydrogen (secondary N) is 1. The molecule has 3 rings (SSSR count). The summed E-state index contributed by atoms with van der Waals surface area (Å²) >= 11 is 11.1. The van der Waals surface area contributed by atoms with Crippen LogP contribution >= 0.6 is 23.8 Å². The molecule has 0 saturated carbocycles. The number of ether oxygens (including phenoxy) is 2. The van der Waals surface area contributed by atoms with Gasteiger partial charge < -0.3 is 9.47 Å². The maximum atomic E-state index is 12.3. The fourth-order valence-corrected chi connectivity index (χ4v) is 2.70. The van der Waals surface area contributed by atoms with Crippen LogP contribution in [0.1, 0.15) is 21.7 Å². The smallest absolute Gasteiger partial charge is 0.345 e. The first kappa shape index (κ1) is 18.8. The summed E-state index contributed by atoms with van der Waals surface area (Å²) in [6.07, 6.45) is 1.60. The number of aryl methyl sites for hydroxylation is 1. The summed E-state index contributed by atoms with van der Waals surface area (Å²) in [7, 11) is 1.49. The van der Waals surface area contributed by atoms with Gasteiger partial charge in [-0.05, 0) is 55.0 Å². The third-order valence-corrected chi connectivity index (χ3v) is 4.21.